The summed E-state index contributed by atoms with van der Waals surface area (Å²) in [6, 6.07) is 10.9. The van der Waals surface area contributed by atoms with Crippen LogP contribution in [0.5, 0.6) is 11.5 Å². The highest BCUT2D eigenvalue weighted by atomic mass is 79.9. The van der Waals surface area contributed by atoms with Crippen LogP contribution in [0.1, 0.15) is 28.4 Å². The lowest BCUT2D eigenvalue weighted by molar-refractivity contribution is -0.145. The van der Waals surface area contributed by atoms with Gasteiger partial charge in [-0.05, 0) is 43.2 Å². The van der Waals surface area contributed by atoms with E-state index in [1.807, 2.05) is 24.3 Å². The van der Waals surface area contributed by atoms with E-state index in [4.69, 9.17) is 14.2 Å². The molecule has 0 aliphatic carbocycles. The van der Waals surface area contributed by atoms with Crippen molar-refractivity contribution in [2.24, 2.45) is 0 Å². The average molecular weight is 417 g/mol. The molecule has 1 aliphatic heterocycles. The third-order valence-electron chi connectivity index (χ3n) is 3.80. The highest BCUT2D eigenvalue weighted by molar-refractivity contribution is 9.10. The molecule has 1 aliphatic rings. The maximum atomic E-state index is 12.7. The van der Waals surface area contributed by atoms with Gasteiger partial charge < -0.3 is 14.2 Å². The van der Waals surface area contributed by atoms with Gasteiger partial charge in [-0.25, -0.2) is 4.79 Å². The fourth-order valence-electron chi connectivity index (χ4n) is 2.64. The molecule has 0 fully saturated rings. The number of hydrogen-bond acceptors (Lipinski definition) is 5. The molecule has 26 heavy (non-hydrogen) atoms. The Morgan fingerprint density at radius 3 is 2.77 bits per heavy atom. The highest BCUT2D eigenvalue weighted by Crippen LogP contribution is 2.38. The first-order valence-corrected chi connectivity index (χ1v) is 8.90. The number of esters is 1. The maximum absolute atomic E-state index is 12.7. The molecule has 2 aromatic rings. The Hall–Kier alpha value is -2.60. The van der Waals surface area contributed by atoms with Crippen LogP contribution >= 0.6 is 15.9 Å². The molecule has 0 saturated carbocycles. The predicted molar refractivity (Wildman–Crippen MR) is 100 cm³/mol. The van der Waals surface area contributed by atoms with Crippen molar-refractivity contribution in [3.05, 3.63) is 63.3 Å². The molecule has 0 bridgehead atoms. The molecule has 0 amide bonds. The number of benzene rings is 2. The molecule has 0 unspecified atom stereocenters. The molecule has 5 nitrogen and oxygen atoms in total. The van der Waals surface area contributed by atoms with Gasteiger partial charge in [0.25, 0.3) is 0 Å². The number of fused-ring (bicyclic) bond motifs is 1. The zero-order valence-corrected chi connectivity index (χ0v) is 16.0. The normalized spacial score (nSPS) is 14.1. The Morgan fingerprint density at radius 1 is 1.27 bits per heavy atom. The Morgan fingerprint density at radius 2 is 2.04 bits per heavy atom. The zero-order valence-electron chi connectivity index (χ0n) is 14.4. The van der Waals surface area contributed by atoms with E-state index in [-0.39, 0.29) is 18.1 Å². The second-order valence-electron chi connectivity index (χ2n) is 5.67. The molecule has 134 valence electrons. The van der Waals surface area contributed by atoms with Crippen molar-refractivity contribution in [2.75, 3.05) is 13.2 Å². The van der Waals surface area contributed by atoms with Crippen molar-refractivity contribution in [1.29, 1.82) is 0 Å². The molecule has 2 aromatic carbocycles. The summed E-state index contributed by atoms with van der Waals surface area (Å²) in [5.74, 6) is 0.497. The minimum atomic E-state index is -0.447. The van der Waals surface area contributed by atoms with Crippen molar-refractivity contribution >= 4 is 33.8 Å². The summed E-state index contributed by atoms with van der Waals surface area (Å²) in [5.41, 5.74) is 2.08. The van der Waals surface area contributed by atoms with Crippen molar-refractivity contribution in [1.82, 2.24) is 0 Å². The summed E-state index contributed by atoms with van der Waals surface area (Å²) >= 11 is 3.46. The van der Waals surface area contributed by atoms with E-state index in [1.165, 1.54) is 0 Å². The lowest BCUT2D eigenvalue weighted by atomic mass is 10.0. The van der Waals surface area contributed by atoms with Crippen LogP contribution in [0.3, 0.4) is 0 Å². The van der Waals surface area contributed by atoms with E-state index in [9.17, 15) is 9.59 Å². The van der Waals surface area contributed by atoms with E-state index in [0.717, 1.165) is 15.6 Å². The largest absolute Gasteiger partial charge is 0.482 e. The topological polar surface area (TPSA) is 61.8 Å². The minimum Gasteiger partial charge on any atom is -0.482 e. The molecular weight excluding hydrogens is 400 g/mol. The van der Waals surface area contributed by atoms with Crippen molar-refractivity contribution < 1.29 is 23.8 Å². The number of allylic oxidation sites excluding steroid dienone is 1. The fourth-order valence-corrected chi connectivity index (χ4v) is 3.04. The summed E-state index contributed by atoms with van der Waals surface area (Å²) in [6.45, 7) is 3.64. The van der Waals surface area contributed by atoms with E-state index in [0.29, 0.717) is 23.7 Å². The lowest BCUT2D eigenvalue weighted by Crippen LogP contribution is -2.14. The van der Waals surface area contributed by atoms with Gasteiger partial charge in [0.2, 0.25) is 5.78 Å². The second-order valence-corrected chi connectivity index (χ2v) is 6.52. The van der Waals surface area contributed by atoms with Gasteiger partial charge in [0.15, 0.2) is 12.4 Å². The van der Waals surface area contributed by atoms with Gasteiger partial charge in [-0.2, -0.15) is 0 Å². The summed E-state index contributed by atoms with van der Waals surface area (Å²) < 4.78 is 16.9. The van der Waals surface area contributed by atoms with Crippen LogP contribution in [-0.4, -0.2) is 25.0 Å². The number of carbonyl (C=O) groups is 2. The number of Topliss-reactive ketones (excluding diaryl/α,β-unsaturated/α-hetero) is 1. The van der Waals surface area contributed by atoms with E-state index >= 15 is 0 Å². The summed E-state index contributed by atoms with van der Waals surface area (Å²) in [4.78, 5) is 24.1. The Balaban J connectivity index is 1.84. The van der Waals surface area contributed by atoms with Crippen molar-refractivity contribution in [2.45, 2.75) is 13.8 Å². The quantitative estimate of drug-likeness (QED) is 0.536. The van der Waals surface area contributed by atoms with Crippen LogP contribution in [0.4, 0.5) is 0 Å². The van der Waals surface area contributed by atoms with Gasteiger partial charge >= 0.3 is 5.97 Å². The van der Waals surface area contributed by atoms with Gasteiger partial charge in [-0.1, -0.05) is 34.1 Å². The number of ketones is 1. The van der Waals surface area contributed by atoms with Crippen LogP contribution in [0.25, 0.3) is 6.08 Å². The molecule has 0 atom stereocenters. The number of aryl methyl sites for hydroxylation is 1. The summed E-state index contributed by atoms with van der Waals surface area (Å²) in [6.07, 6.45) is 1.70. The summed E-state index contributed by atoms with van der Waals surface area (Å²) in [7, 11) is 0. The molecule has 0 aromatic heterocycles. The van der Waals surface area contributed by atoms with Crippen LogP contribution in [-0.2, 0) is 9.53 Å². The fraction of sp³-hybridized carbons (Fsp3) is 0.200. The monoisotopic (exact) mass is 416 g/mol. The highest BCUT2D eigenvalue weighted by Gasteiger charge is 2.30. The molecule has 6 heteroatoms. The lowest BCUT2D eigenvalue weighted by Gasteiger charge is -2.08. The SMILES string of the molecule is CCOC(=O)COc1cc(C)c2c(c1)O/C(=C\c1ccccc1Br)C2=O. The molecule has 3 rings (SSSR count). The van der Waals surface area contributed by atoms with E-state index < -0.39 is 5.97 Å². The molecule has 1 heterocycles. The first-order valence-electron chi connectivity index (χ1n) is 8.11. The Labute approximate surface area is 159 Å². The van der Waals surface area contributed by atoms with Crippen LogP contribution < -0.4 is 9.47 Å². The van der Waals surface area contributed by atoms with Gasteiger partial charge in [0.05, 0.1) is 12.2 Å². The number of ether oxygens (including phenoxy) is 3. The Kier molecular flexibility index (Phi) is 5.42. The molecule has 0 radical (unpaired) electrons. The predicted octanol–water partition coefficient (Wildman–Crippen LogP) is 4.32. The number of halogens is 1. The van der Waals surface area contributed by atoms with Crippen LogP contribution in [0.2, 0.25) is 0 Å². The molecule has 0 saturated heterocycles. The van der Waals surface area contributed by atoms with Crippen molar-refractivity contribution in [3.8, 4) is 11.5 Å². The summed E-state index contributed by atoms with van der Waals surface area (Å²) in [5, 5.41) is 0. The van der Waals surface area contributed by atoms with Crippen molar-refractivity contribution in [3.63, 3.8) is 0 Å². The smallest absolute Gasteiger partial charge is 0.344 e. The van der Waals surface area contributed by atoms with Gasteiger partial charge in [0, 0.05) is 10.5 Å². The standard InChI is InChI=1S/C20H17BrO5/c1-3-24-18(22)11-25-14-8-12(2)19-16(10-14)26-17(20(19)23)9-13-6-4-5-7-15(13)21/h4-10H,3,11H2,1-2H3/b17-9-. The number of carbonyl (C=O) groups excluding carboxylic acids is 2. The van der Waals surface area contributed by atoms with Crippen LogP contribution in [0, 0.1) is 6.92 Å². The van der Waals surface area contributed by atoms with E-state index in [1.54, 1.807) is 32.1 Å². The number of hydrogen-bond donors (Lipinski definition) is 0. The third kappa shape index (κ3) is 3.80. The zero-order chi connectivity index (χ0) is 18.7. The maximum Gasteiger partial charge on any atom is 0.344 e. The third-order valence-corrected chi connectivity index (χ3v) is 4.52. The minimum absolute atomic E-state index is 0.176. The van der Waals surface area contributed by atoms with Crippen LogP contribution in [0.15, 0.2) is 46.6 Å². The average Bonchev–Trinajstić information content (AvgIpc) is 2.91. The van der Waals surface area contributed by atoms with Gasteiger partial charge in [-0.15, -0.1) is 0 Å². The first-order chi connectivity index (χ1) is 12.5. The van der Waals surface area contributed by atoms with E-state index in [2.05, 4.69) is 15.9 Å². The molecular formula is C20H17BrO5. The van der Waals surface area contributed by atoms with Gasteiger partial charge in [0.1, 0.15) is 11.5 Å². The Bertz CT molecular complexity index is 901. The first kappa shape index (κ1) is 18.2. The van der Waals surface area contributed by atoms with Gasteiger partial charge in [-0.3, -0.25) is 4.79 Å². The second kappa shape index (κ2) is 7.74. The molecule has 0 spiro atoms. The number of rotatable bonds is 5. The molecule has 0 N–H and O–H groups in total.